The molecule has 0 heterocycles. The monoisotopic (exact) mass is 838 g/mol. The van der Waals surface area contributed by atoms with Crippen LogP contribution in [-0.4, -0.2) is 75.0 Å². The van der Waals surface area contributed by atoms with Gasteiger partial charge < -0.3 is 37.9 Å². The van der Waals surface area contributed by atoms with Gasteiger partial charge in [0, 0.05) is 25.4 Å². The summed E-state index contributed by atoms with van der Waals surface area (Å²) in [6, 6.07) is 15.9. The molecule has 0 bridgehead atoms. The highest BCUT2D eigenvalue weighted by molar-refractivity contribution is 5.89. The first-order valence-corrected chi connectivity index (χ1v) is 22.1. The minimum Gasteiger partial charge on any atom is -0.490 e. The lowest BCUT2D eigenvalue weighted by atomic mass is 9.48. The Bertz CT molecular complexity index is 1940. The lowest BCUT2D eigenvalue weighted by Crippen LogP contribution is -2.78. The Morgan fingerprint density at radius 3 is 1.23 bits per heavy atom. The van der Waals surface area contributed by atoms with Crippen LogP contribution in [0.4, 0.5) is 0 Å². The van der Waals surface area contributed by atoms with Crippen molar-refractivity contribution in [3.05, 3.63) is 130 Å². The summed E-state index contributed by atoms with van der Waals surface area (Å²) in [5.41, 5.74) is 0.0343. The zero-order valence-corrected chi connectivity index (χ0v) is 38.0. The lowest BCUT2D eigenvalue weighted by molar-refractivity contribution is -0.236. The van der Waals surface area contributed by atoms with Gasteiger partial charge in [0.1, 0.15) is 17.6 Å². The minimum atomic E-state index is -2.11. The normalized spacial score (nSPS) is 23.0. The predicted molar refractivity (Wildman–Crippen MR) is 237 cm³/mol. The molecule has 10 nitrogen and oxygen atoms in total. The van der Waals surface area contributed by atoms with Crippen molar-refractivity contribution in [3.63, 3.8) is 0 Å². The largest absolute Gasteiger partial charge is 0.490 e. The molecule has 0 fully saturated rings. The molecule has 3 aliphatic rings. The fourth-order valence-electron chi connectivity index (χ4n) is 10.1. The summed E-state index contributed by atoms with van der Waals surface area (Å²) in [5.74, 6) is -0.371. The van der Waals surface area contributed by atoms with E-state index in [4.69, 9.17) is 37.9 Å². The summed E-state index contributed by atoms with van der Waals surface area (Å²) in [6.07, 6.45) is 2.62. The van der Waals surface area contributed by atoms with E-state index in [1.165, 1.54) is 0 Å². The molecule has 5 rings (SSSR count). The van der Waals surface area contributed by atoms with Crippen molar-refractivity contribution in [3.8, 4) is 11.1 Å². The second-order valence-electron chi connectivity index (χ2n) is 15.1. The van der Waals surface area contributed by atoms with Gasteiger partial charge in [0.2, 0.25) is 11.2 Å². The summed E-state index contributed by atoms with van der Waals surface area (Å²) < 4.78 is 56.4. The molecule has 61 heavy (non-hydrogen) atoms. The second kappa shape index (κ2) is 20.2. The highest BCUT2D eigenvalue weighted by Gasteiger charge is 2.82. The first kappa shape index (κ1) is 47.0. The SMILES string of the molecule is C=CC(=O)OC1(C2(C3(OC(=O)C=C)C(OCC)=C(OCC)C(C)=C(CCC)C3OCC)c3ccccc3-c3ccccc32)C(OCC)=C(OCC)C(C)=C(CCC)C1OCC. The van der Waals surface area contributed by atoms with E-state index in [1.807, 2.05) is 104 Å². The van der Waals surface area contributed by atoms with Crippen molar-refractivity contribution in [2.24, 2.45) is 0 Å². The number of fused-ring (bicyclic) bond motifs is 3. The fraction of sp³-hybridized carbons (Fsp3) is 0.490. The topological polar surface area (TPSA) is 108 Å². The average Bonchev–Trinajstić information content (AvgIpc) is 3.57. The number of hydrogen-bond donors (Lipinski definition) is 0. The van der Waals surface area contributed by atoms with Crippen molar-refractivity contribution < 1.29 is 47.5 Å². The summed E-state index contributed by atoms with van der Waals surface area (Å²) in [6.45, 7) is 28.6. The van der Waals surface area contributed by atoms with E-state index >= 15 is 0 Å². The van der Waals surface area contributed by atoms with E-state index in [0.29, 0.717) is 48.3 Å². The molecule has 0 amide bonds. The number of esters is 2. The third kappa shape index (κ3) is 7.33. The number of ether oxygens (including phenoxy) is 8. The Morgan fingerprint density at radius 1 is 0.557 bits per heavy atom. The zero-order valence-electron chi connectivity index (χ0n) is 38.0. The Morgan fingerprint density at radius 2 is 0.918 bits per heavy atom. The highest BCUT2D eigenvalue weighted by atomic mass is 16.6. The van der Waals surface area contributed by atoms with Gasteiger partial charge in [-0.25, -0.2) is 9.59 Å². The highest BCUT2D eigenvalue weighted by Crippen LogP contribution is 2.70. The summed E-state index contributed by atoms with van der Waals surface area (Å²) in [4.78, 5) is 29.6. The third-order valence-corrected chi connectivity index (χ3v) is 11.9. The first-order chi connectivity index (χ1) is 29.5. The Balaban J connectivity index is 2.35. The van der Waals surface area contributed by atoms with Gasteiger partial charge in [-0.1, -0.05) is 88.4 Å². The van der Waals surface area contributed by atoms with E-state index in [2.05, 4.69) is 27.0 Å². The lowest BCUT2D eigenvalue weighted by Gasteiger charge is -2.62. The van der Waals surface area contributed by atoms with Gasteiger partial charge in [0.05, 0.1) is 26.4 Å². The van der Waals surface area contributed by atoms with Crippen LogP contribution in [0.1, 0.15) is 106 Å². The van der Waals surface area contributed by atoms with E-state index < -0.39 is 40.8 Å². The van der Waals surface area contributed by atoms with Gasteiger partial charge in [0.25, 0.3) is 0 Å². The number of rotatable bonds is 22. The van der Waals surface area contributed by atoms with Crippen LogP contribution >= 0.6 is 0 Å². The van der Waals surface area contributed by atoms with Gasteiger partial charge in [0.15, 0.2) is 23.0 Å². The molecule has 330 valence electrons. The molecular formula is C51H66O10. The van der Waals surface area contributed by atoms with Crippen LogP contribution in [0.25, 0.3) is 11.1 Å². The Labute approximate surface area is 363 Å². The molecule has 4 atom stereocenters. The van der Waals surface area contributed by atoms with Gasteiger partial charge >= 0.3 is 11.9 Å². The van der Waals surface area contributed by atoms with Gasteiger partial charge in [-0.3, -0.25) is 0 Å². The van der Waals surface area contributed by atoms with Crippen LogP contribution in [0.15, 0.2) is 119 Å². The summed E-state index contributed by atoms with van der Waals surface area (Å²) >= 11 is 0. The molecule has 0 N–H and O–H groups in total. The van der Waals surface area contributed by atoms with E-state index in [9.17, 15) is 9.59 Å². The molecule has 0 saturated heterocycles. The van der Waals surface area contributed by atoms with Crippen LogP contribution in [0.3, 0.4) is 0 Å². The number of carbonyl (C=O) groups excluding carboxylic acids is 2. The number of hydrogen-bond acceptors (Lipinski definition) is 10. The molecule has 3 aliphatic carbocycles. The Hall–Kier alpha value is -5.06. The third-order valence-electron chi connectivity index (χ3n) is 11.9. The maximum Gasteiger partial charge on any atom is 0.331 e. The molecule has 2 aromatic carbocycles. The Kier molecular flexibility index (Phi) is 15.6. The maximum absolute atomic E-state index is 14.8. The summed E-state index contributed by atoms with van der Waals surface area (Å²) in [7, 11) is 0. The second-order valence-corrected chi connectivity index (χ2v) is 15.1. The molecule has 0 saturated carbocycles. The smallest absolute Gasteiger partial charge is 0.331 e. The van der Waals surface area contributed by atoms with Gasteiger partial charge in [-0.05, 0) is 113 Å². The van der Waals surface area contributed by atoms with Crippen molar-refractivity contribution in [1.29, 1.82) is 0 Å². The summed E-state index contributed by atoms with van der Waals surface area (Å²) in [5, 5.41) is 0. The average molecular weight is 839 g/mol. The van der Waals surface area contributed by atoms with E-state index in [1.54, 1.807) is 0 Å². The van der Waals surface area contributed by atoms with Gasteiger partial charge in [-0.15, -0.1) is 0 Å². The van der Waals surface area contributed by atoms with Gasteiger partial charge in [-0.2, -0.15) is 0 Å². The van der Waals surface area contributed by atoms with Crippen molar-refractivity contribution in [2.45, 2.75) is 124 Å². The first-order valence-electron chi connectivity index (χ1n) is 22.1. The standard InChI is InChI=1S/C51H66O10/c1-13-27-35-33(11)43(54-17-5)47(58-21-9)50(45(35)56-19-7,60-41(52)15-3)49(39-31-25-23-29-37(39)38-30-24-26-32-40(38)49)51(61-42(53)16-4)46(57-20-8)36(28-14-2)34(12)44(55-18-6)48(51)59-22-10/h15-16,23-26,29-32,45-46H,3-4,13-14,17-22,27-28H2,1-2,5-12H3. The molecule has 0 aromatic heterocycles. The van der Waals surface area contributed by atoms with E-state index in [0.717, 1.165) is 45.6 Å². The van der Waals surface area contributed by atoms with Crippen molar-refractivity contribution >= 4 is 11.9 Å². The molecule has 4 unspecified atom stereocenters. The van der Waals surface area contributed by atoms with Crippen molar-refractivity contribution in [2.75, 3.05) is 39.6 Å². The minimum absolute atomic E-state index is 0.140. The van der Waals surface area contributed by atoms with E-state index in [-0.39, 0.29) is 51.2 Å². The molecule has 2 aromatic rings. The van der Waals surface area contributed by atoms with Crippen molar-refractivity contribution in [1.82, 2.24) is 0 Å². The molecular weight excluding hydrogens is 773 g/mol. The molecule has 10 heteroatoms. The van der Waals surface area contributed by atoms with Crippen LogP contribution < -0.4 is 0 Å². The number of benzene rings is 2. The predicted octanol–water partition coefficient (Wildman–Crippen LogP) is 10.5. The van der Waals surface area contributed by atoms with Crippen LogP contribution in [0.5, 0.6) is 0 Å². The number of allylic oxidation sites excluding steroid dienone is 2. The van der Waals surface area contributed by atoms with Crippen LogP contribution in [0.2, 0.25) is 0 Å². The number of carbonyl (C=O) groups is 2. The molecule has 0 spiro atoms. The fourth-order valence-corrected chi connectivity index (χ4v) is 10.1. The molecule has 0 aliphatic heterocycles. The zero-order chi connectivity index (χ0) is 44.5. The van der Waals surface area contributed by atoms with Crippen LogP contribution in [-0.2, 0) is 52.9 Å². The van der Waals surface area contributed by atoms with Crippen LogP contribution in [0, 0.1) is 0 Å². The maximum atomic E-state index is 14.8. The quantitative estimate of drug-likeness (QED) is 0.0840. The molecule has 0 radical (unpaired) electrons.